The molecule has 1 atom stereocenters. The van der Waals surface area contributed by atoms with Gasteiger partial charge in [-0.1, -0.05) is 28.1 Å². The Hall–Kier alpha value is -3.00. The zero-order chi connectivity index (χ0) is 21.7. The average molecular weight is 470 g/mol. The number of pyridine rings is 1. The van der Waals surface area contributed by atoms with Crippen molar-refractivity contribution < 1.29 is 9.59 Å². The number of aliphatic imine (C=N–C) groups is 1. The van der Waals surface area contributed by atoms with Crippen LogP contribution < -0.4 is 16.0 Å². The van der Waals surface area contributed by atoms with E-state index < -0.39 is 12.1 Å². The van der Waals surface area contributed by atoms with Crippen molar-refractivity contribution in [2.24, 2.45) is 10.7 Å². The molecule has 1 aromatic heterocycles. The summed E-state index contributed by atoms with van der Waals surface area (Å²) < 4.78 is 0.900. The molecule has 3 amide bonds. The van der Waals surface area contributed by atoms with Gasteiger partial charge in [-0.15, -0.1) is 0 Å². The zero-order valence-electron chi connectivity index (χ0n) is 16.9. The molecule has 2 heterocycles. The molecule has 2 aromatic rings. The summed E-state index contributed by atoms with van der Waals surface area (Å²) in [6.07, 6.45) is 4.46. The first-order valence-electron chi connectivity index (χ1n) is 9.61. The van der Waals surface area contributed by atoms with Crippen LogP contribution in [0, 0.1) is 6.92 Å². The van der Waals surface area contributed by atoms with Gasteiger partial charge in [0, 0.05) is 41.2 Å². The van der Waals surface area contributed by atoms with Crippen molar-refractivity contribution in [1.29, 1.82) is 0 Å². The smallest absolute Gasteiger partial charge is 0.341 e. The van der Waals surface area contributed by atoms with Gasteiger partial charge >= 0.3 is 6.03 Å². The van der Waals surface area contributed by atoms with Crippen LogP contribution in [-0.4, -0.2) is 36.2 Å². The first kappa shape index (κ1) is 21.7. The van der Waals surface area contributed by atoms with E-state index >= 15 is 0 Å². The number of urea groups is 1. The van der Waals surface area contributed by atoms with Crippen LogP contribution in [0.1, 0.15) is 23.4 Å². The number of aromatic nitrogens is 1. The van der Waals surface area contributed by atoms with Crippen molar-refractivity contribution in [2.45, 2.75) is 32.2 Å². The van der Waals surface area contributed by atoms with Crippen LogP contribution in [0.15, 0.2) is 57.6 Å². The first-order chi connectivity index (χ1) is 14.4. The summed E-state index contributed by atoms with van der Waals surface area (Å²) in [4.78, 5) is 35.1. The summed E-state index contributed by atoms with van der Waals surface area (Å²) in [7, 11) is 1.71. The van der Waals surface area contributed by atoms with Crippen molar-refractivity contribution >= 4 is 39.8 Å². The molecule has 3 N–H and O–H groups in total. The molecule has 1 aromatic carbocycles. The van der Waals surface area contributed by atoms with E-state index in [9.17, 15) is 9.59 Å². The molecule has 8 heteroatoms. The number of nitrogens with zero attached hydrogens (tertiary/aromatic N) is 3. The van der Waals surface area contributed by atoms with E-state index in [0.717, 1.165) is 27.1 Å². The highest BCUT2D eigenvalue weighted by Crippen LogP contribution is 2.29. The number of carbonyl (C=O) groups is 2. The Kier molecular flexibility index (Phi) is 6.99. The molecule has 156 valence electrons. The fourth-order valence-corrected chi connectivity index (χ4v) is 3.70. The second-order valence-corrected chi connectivity index (χ2v) is 8.07. The molecule has 0 spiro atoms. The van der Waals surface area contributed by atoms with Gasteiger partial charge in [0.1, 0.15) is 6.04 Å². The van der Waals surface area contributed by atoms with Crippen LogP contribution >= 0.6 is 15.9 Å². The Labute approximate surface area is 184 Å². The molecular formula is C22H24BrN5O2. The van der Waals surface area contributed by atoms with Gasteiger partial charge in [-0.2, -0.15) is 0 Å². The summed E-state index contributed by atoms with van der Waals surface area (Å²) in [5.74, 6) is -0.172. The van der Waals surface area contributed by atoms with E-state index in [-0.39, 0.29) is 5.91 Å². The number of halogens is 1. The maximum absolute atomic E-state index is 12.8. The number of amides is 3. The van der Waals surface area contributed by atoms with Crippen molar-refractivity contribution in [3.05, 3.63) is 69.6 Å². The molecule has 0 saturated heterocycles. The van der Waals surface area contributed by atoms with E-state index in [4.69, 9.17) is 5.73 Å². The third-order valence-electron chi connectivity index (χ3n) is 4.93. The van der Waals surface area contributed by atoms with Gasteiger partial charge in [0.15, 0.2) is 0 Å². The number of aryl methyl sites for hydroxylation is 2. The number of fused-ring (bicyclic) bond motifs is 1. The Balaban J connectivity index is 1.64. The van der Waals surface area contributed by atoms with Crippen LogP contribution in [0.2, 0.25) is 0 Å². The van der Waals surface area contributed by atoms with Crippen molar-refractivity contribution in [3.63, 3.8) is 0 Å². The summed E-state index contributed by atoms with van der Waals surface area (Å²) in [5.41, 5.74) is 9.98. The van der Waals surface area contributed by atoms with Crippen molar-refractivity contribution in [2.75, 3.05) is 11.9 Å². The number of nitrogens with two attached hydrogens (primary N) is 1. The number of carbonyl (C=O) groups excluding carboxylic acids is 2. The molecule has 0 bridgehead atoms. The van der Waals surface area contributed by atoms with Crippen LogP contribution in [0.25, 0.3) is 0 Å². The fourth-order valence-electron chi connectivity index (χ4n) is 3.35. The van der Waals surface area contributed by atoms with Gasteiger partial charge in [-0.25, -0.2) is 9.79 Å². The Morgan fingerprint density at radius 3 is 2.93 bits per heavy atom. The molecule has 30 heavy (non-hydrogen) atoms. The van der Waals surface area contributed by atoms with Crippen LogP contribution in [-0.2, 0) is 17.6 Å². The molecule has 0 fully saturated rings. The molecule has 0 radical (unpaired) electrons. The minimum atomic E-state index is -0.644. The second kappa shape index (κ2) is 9.67. The topological polar surface area (TPSA) is 101 Å². The van der Waals surface area contributed by atoms with Gasteiger partial charge in [0.05, 0.1) is 0 Å². The lowest BCUT2D eigenvalue weighted by Crippen LogP contribution is -2.46. The number of anilines is 1. The largest absolute Gasteiger partial charge is 0.404 e. The highest BCUT2D eigenvalue weighted by Gasteiger charge is 2.29. The highest BCUT2D eigenvalue weighted by atomic mass is 79.9. The molecule has 3 rings (SSSR count). The predicted molar refractivity (Wildman–Crippen MR) is 122 cm³/mol. The SMILES string of the molecule is Cc1cccc(CC(=C/N)/C=N/C(=O)NC2CCc3ccc(Br)cc3N(C)C2=O)n1. The van der Waals surface area contributed by atoms with Gasteiger partial charge < -0.3 is 16.0 Å². The Morgan fingerprint density at radius 2 is 2.20 bits per heavy atom. The Bertz CT molecular complexity index is 1020. The normalized spacial score (nSPS) is 17.0. The van der Waals surface area contributed by atoms with Gasteiger partial charge in [0.2, 0.25) is 5.91 Å². The number of nitrogens with one attached hydrogen (secondary N) is 1. The number of benzene rings is 1. The molecule has 0 saturated carbocycles. The predicted octanol–water partition coefficient (Wildman–Crippen LogP) is 3.30. The minimum Gasteiger partial charge on any atom is -0.404 e. The van der Waals surface area contributed by atoms with E-state index in [1.54, 1.807) is 11.9 Å². The quantitative estimate of drug-likeness (QED) is 0.670. The summed E-state index contributed by atoms with van der Waals surface area (Å²) >= 11 is 3.44. The van der Waals surface area contributed by atoms with E-state index in [1.807, 2.05) is 43.3 Å². The van der Waals surface area contributed by atoms with Crippen molar-refractivity contribution in [1.82, 2.24) is 10.3 Å². The highest BCUT2D eigenvalue weighted by molar-refractivity contribution is 9.10. The second-order valence-electron chi connectivity index (χ2n) is 7.16. The average Bonchev–Trinajstić information content (AvgIpc) is 2.83. The van der Waals surface area contributed by atoms with Gasteiger partial charge in [-0.05, 0) is 61.4 Å². The molecule has 1 aliphatic heterocycles. The van der Waals surface area contributed by atoms with Crippen molar-refractivity contribution in [3.8, 4) is 0 Å². The summed E-state index contributed by atoms with van der Waals surface area (Å²) in [6.45, 7) is 1.91. The lowest BCUT2D eigenvalue weighted by Gasteiger charge is -2.21. The van der Waals surface area contributed by atoms with Gasteiger partial charge in [0.25, 0.3) is 0 Å². The van der Waals surface area contributed by atoms with E-state index in [0.29, 0.717) is 24.8 Å². The maximum atomic E-state index is 12.8. The Morgan fingerprint density at radius 1 is 1.40 bits per heavy atom. The van der Waals surface area contributed by atoms with E-state index in [1.165, 1.54) is 12.4 Å². The van der Waals surface area contributed by atoms with Crippen LogP contribution in [0.4, 0.5) is 10.5 Å². The van der Waals surface area contributed by atoms with Gasteiger partial charge in [-0.3, -0.25) is 9.78 Å². The molecule has 1 aliphatic rings. The first-order valence-corrected chi connectivity index (χ1v) is 10.4. The minimum absolute atomic E-state index is 0.172. The number of likely N-dealkylation sites (N-methyl/N-ethyl adjacent to an activating group) is 1. The maximum Gasteiger partial charge on any atom is 0.341 e. The number of hydrogen-bond acceptors (Lipinski definition) is 4. The number of allylic oxidation sites excluding steroid dienone is 1. The lowest BCUT2D eigenvalue weighted by molar-refractivity contribution is -0.120. The standard InChI is InChI=1S/C22H24BrN5O2/c1-14-4-3-5-18(26-14)10-15(12-24)13-25-22(30)27-19-9-7-16-6-8-17(23)11-20(16)28(2)21(19)29/h3-6,8,11-13,19H,7,9-10,24H2,1-2H3,(H,27,30)/b15-12-,25-13+. The van der Waals surface area contributed by atoms with Crippen LogP contribution in [0.3, 0.4) is 0 Å². The van der Waals surface area contributed by atoms with E-state index in [2.05, 4.69) is 31.2 Å². The zero-order valence-corrected chi connectivity index (χ0v) is 18.5. The third kappa shape index (κ3) is 5.33. The fraction of sp³-hybridized carbons (Fsp3) is 0.273. The molecule has 7 nitrogen and oxygen atoms in total. The third-order valence-corrected chi connectivity index (χ3v) is 5.42. The lowest BCUT2D eigenvalue weighted by atomic mass is 10.1. The number of hydrogen-bond donors (Lipinski definition) is 2. The summed E-state index contributed by atoms with van der Waals surface area (Å²) in [5, 5.41) is 2.72. The monoisotopic (exact) mass is 469 g/mol. The molecule has 0 aliphatic carbocycles. The summed E-state index contributed by atoms with van der Waals surface area (Å²) in [6, 6.07) is 10.3. The number of rotatable bonds is 4. The van der Waals surface area contributed by atoms with Crippen LogP contribution in [0.5, 0.6) is 0 Å². The molecule has 1 unspecified atom stereocenters. The molecular weight excluding hydrogens is 446 g/mol.